The number of rotatable bonds is 2. The molecule has 0 radical (unpaired) electrons. The lowest BCUT2D eigenvalue weighted by molar-refractivity contribution is -0.136. The first-order valence-corrected chi connectivity index (χ1v) is 11.4. The SMILES string of the molecule is Cc1cc(C)cc(N2C[C@]34C=C[C@@H](O3)[C@H](C(=O)n3nc(N)c5c(C(F)(F)F)cc(C)nc53)[C@@H]4C2=O)c1. The van der Waals surface area contributed by atoms with Gasteiger partial charge in [-0.25, -0.2) is 4.98 Å². The molecule has 0 aliphatic carbocycles. The van der Waals surface area contributed by atoms with E-state index in [0.29, 0.717) is 5.69 Å². The topological polar surface area (TPSA) is 103 Å². The normalized spacial score (nSPS) is 26.9. The molecule has 6 rings (SSSR count). The average Bonchev–Trinajstić information content (AvgIpc) is 3.50. The number of nitrogens with zero attached hydrogens (tertiary/aromatic N) is 4. The smallest absolute Gasteiger partial charge is 0.382 e. The third-order valence-corrected chi connectivity index (χ3v) is 7.21. The molecule has 186 valence electrons. The number of anilines is 2. The summed E-state index contributed by atoms with van der Waals surface area (Å²) < 4.78 is 48.1. The van der Waals surface area contributed by atoms with Crippen LogP contribution in [0.3, 0.4) is 0 Å². The highest BCUT2D eigenvalue weighted by Gasteiger charge is 2.67. The van der Waals surface area contributed by atoms with Crippen LogP contribution in [-0.2, 0) is 15.7 Å². The Morgan fingerprint density at radius 2 is 1.86 bits per heavy atom. The molecule has 3 aliphatic rings. The number of hydrogen-bond acceptors (Lipinski definition) is 6. The fraction of sp³-hybridized carbons (Fsp3) is 0.360. The summed E-state index contributed by atoms with van der Waals surface area (Å²) in [5.74, 6) is -3.26. The molecule has 1 aromatic carbocycles. The number of benzene rings is 1. The third-order valence-electron chi connectivity index (χ3n) is 7.21. The van der Waals surface area contributed by atoms with E-state index in [9.17, 15) is 22.8 Å². The Morgan fingerprint density at radius 3 is 2.53 bits per heavy atom. The molecule has 4 atom stereocenters. The van der Waals surface area contributed by atoms with E-state index in [4.69, 9.17) is 10.5 Å². The molecular weight excluding hydrogens is 475 g/mol. The van der Waals surface area contributed by atoms with Crippen LogP contribution in [-0.4, -0.2) is 44.8 Å². The number of amides is 1. The van der Waals surface area contributed by atoms with Crippen molar-refractivity contribution in [3.8, 4) is 0 Å². The van der Waals surface area contributed by atoms with Gasteiger partial charge in [0.1, 0.15) is 5.60 Å². The summed E-state index contributed by atoms with van der Waals surface area (Å²) >= 11 is 0. The largest absolute Gasteiger partial charge is 0.417 e. The van der Waals surface area contributed by atoms with Gasteiger partial charge in [-0.3, -0.25) is 9.59 Å². The molecule has 5 heterocycles. The molecule has 36 heavy (non-hydrogen) atoms. The molecule has 1 spiro atoms. The highest BCUT2D eigenvalue weighted by molar-refractivity contribution is 6.05. The summed E-state index contributed by atoms with van der Waals surface area (Å²) in [5, 5.41) is 3.51. The van der Waals surface area contributed by atoms with Crippen LogP contribution in [0.2, 0.25) is 0 Å². The van der Waals surface area contributed by atoms with Gasteiger partial charge in [0.2, 0.25) is 5.91 Å². The number of carbonyl (C=O) groups is 2. The van der Waals surface area contributed by atoms with E-state index in [1.54, 1.807) is 11.0 Å². The lowest BCUT2D eigenvalue weighted by atomic mass is 9.77. The van der Waals surface area contributed by atoms with Crippen LogP contribution in [0.5, 0.6) is 0 Å². The molecule has 8 nitrogen and oxygen atoms in total. The summed E-state index contributed by atoms with van der Waals surface area (Å²) in [4.78, 5) is 33.3. The molecule has 11 heteroatoms. The van der Waals surface area contributed by atoms with Crippen molar-refractivity contribution in [1.29, 1.82) is 0 Å². The molecule has 0 unspecified atom stereocenters. The molecule has 3 aliphatic heterocycles. The van der Waals surface area contributed by atoms with E-state index in [2.05, 4.69) is 10.1 Å². The Kier molecular flexibility index (Phi) is 4.52. The molecule has 1 amide bonds. The Hall–Kier alpha value is -3.73. The van der Waals surface area contributed by atoms with E-state index < -0.39 is 52.4 Å². The van der Waals surface area contributed by atoms with Crippen molar-refractivity contribution >= 4 is 34.4 Å². The number of nitrogens with two attached hydrogens (primary N) is 1. The van der Waals surface area contributed by atoms with Crippen molar-refractivity contribution in [2.45, 2.75) is 38.7 Å². The minimum Gasteiger partial charge on any atom is -0.382 e. The van der Waals surface area contributed by atoms with E-state index >= 15 is 0 Å². The number of pyridine rings is 1. The third kappa shape index (κ3) is 3.05. The fourth-order valence-electron chi connectivity index (χ4n) is 5.89. The number of hydrogen-bond donors (Lipinski definition) is 1. The minimum absolute atomic E-state index is 0.0577. The lowest BCUT2D eigenvalue weighted by Gasteiger charge is -2.23. The van der Waals surface area contributed by atoms with Gasteiger partial charge in [0.15, 0.2) is 11.5 Å². The number of ether oxygens (including phenoxy) is 1. The van der Waals surface area contributed by atoms with Crippen molar-refractivity contribution in [3.63, 3.8) is 0 Å². The molecule has 2 aromatic heterocycles. The van der Waals surface area contributed by atoms with Gasteiger partial charge in [-0.15, -0.1) is 5.10 Å². The van der Waals surface area contributed by atoms with Crippen LogP contribution in [0.25, 0.3) is 11.0 Å². The Morgan fingerprint density at radius 1 is 1.17 bits per heavy atom. The van der Waals surface area contributed by atoms with Crippen LogP contribution in [0, 0.1) is 32.6 Å². The van der Waals surface area contributed by atoms with Crippen molar-refractivity contribution in [2.75, 3.05) is 17.2 Å². The summed E-state index contributed by atoms with van der Waals surface area (Å²) in [6.45, 7) is 5.49. The number of halogens is 3. The molecule has 2 saturated heterocycles. The lowest BCUT2D eigenvalue weighted by Crippen LogP contribution is -2.41. The van der Waals surface area contributed by atoms with Crippen molar-refractivity contribution in [2.24, 2.45) is 11.8 Å². The summed E-state index contributed by atoms with van der Waals surface area (Å²) in [7, 11) is 0. The average molecular weight is 497 g/mol. The zero-order valence-corrected chi connectivity index (χ0v) is 19.6. The van der Waals surface area contributed by atoms with Crippen LogP contribution < -0.4 is 10.6 Å². The summed E-state index contributed by atoms with van der Waals surface area (Å²) in [6.07, 6.45) is -1.88. The first-order valence-electron chi connectivity index (χ1n) is 11.4. The van der Waals surface area contributed by atoms with Gasteiger partial charge in [0.05, 0.1) is 35.4 Å². The first kappa shape index (κ1) is 22.7. The number of fused-ring (bicyclic) bond motifs is 2. The van der Waals surface area contributed by atoms with Gasteiger partial charge in [-0.2, -0.15) is 17.9 Å². The number of aromatic nitrogens is 3. The molecule has 2 N–H and O–H groups in total. The van der Waals surface area contributed by atoms with Gasteiger partial charge in [-0.05, 0) is 50.1 Å². The van der Waals surface area contributed by atoms with Crippen molar-refractivity contribution < 1.29 is 27.5 Å². The van der Waals surface area contributed by atoms with E-state index in [-0.39, 0.29) is 23.8 Å². The van der Waals surface area contributed by atoms with Crippen LogP contribution >= 0.6 is 0 Å². The second-order valence-corrected chi connectivity index (χ2v) is 9.81. The fourth-order valence-corrected chi connectivity index (χ4v) is 5.89. The Bertz CT molecular complexity index is 1490. The number of nitrogen functional groups attached to an aromatic ring is 1. The monoisotopic (exact) mass is 497 g/mol. The van der Waals surface area contributed by atoms with Gasteiger partial charge >= 0.3 is 6.18 Å². The van der Waals surface area contributed by atoms with E-state index in [1.165, 1.54) is 6.92 Å². The zero-order chi connectivity index (χ0) is 25.7. The van der Waals surface area contributed by atoms with Gasteiger partial charge < -0.3 is 15.4 Å². The van der Waals surface area contributed by atoms with Crippen LogP contribution in [0.1, 0.15) is 27.2 Å². The maximum Gasteiger partial charge on any atom is 0.417 e. The Labute approximate surface area is 203 Å². The quantitative estimate of drug-likeness (QED) is 0.543. The second kappa shape index (κ2) is 7.16. The summed E-state index contributed by atoms with van der Waals surface area (Å²) in [5.41, 5.74) is 6.28. The second-order valence-electron chi connectivity index (χ2n) is 9.81. The van der Waals surface area contributed by atoms with Crippen LogP contribution in [0.15, 0.2) is 36.4 Å². The maximum absolute atomic E-state index is 13.8. The van der Waals surface area contributed by atoms with E-state index in [1.807, 2.05) is 38.1 Å². The molecule has 2 fully saturated rings. The zero-order valence-electron chi connectivity index (χ0n) is 19.6. The maximum atomic E-state index is 13.8. The molecule has 3 aromatic rings. The van der Waals surface area contributed by atoms with E-state index in [0.717, 1.165) is 21.9 Å². The number of alkyl halides is 3. The molecule has 2 bridgehead atoms. The van der Waals surface area contributed by atoms with Crippen molar-refractivity contribution in [1.82, 2.24) is 14.8 Å². The minimum atomic E-state index is -4.72. The molecular formula is C25H22F3N5O3. The number of aryl methyl sites for hydroxylation is 3. The Balaban J connectivity index is 1.44. The van der Waals surface area contributed by atoms with Crippen LogP contribution in [0.4, 0.5) is 24.7 Å². The summed E-state index contributed by atoms with van der Waals surface area (Å²) in [6, 6.07) is 6.65. The standard InChI is InChI=1S/C25H22F3N5O3/c1-11-6-12(2)8-14(7-11)32-10-24-5-4-16(36-24)18(19(24)23(32)35)22(34)33-21-17(20(29)31-33)15(25(26,27)28)9-13(3)30-21/h4-9,16,18-19H,10H2,1-3H3,(H2,29,31)/t16-,18+,19-,24+/m1/s1. The first-order chi connectivity index (χ1) is 16.9. The number of carbonyl (C=O) groups excluding carboxylic acids is 2. The van der Waals surface area contributed by atoms with Gasteiger partial charge in [0.25, 0.3) is 5.91 Å². The predicted octanol–water partition coefficient (Wildman–Crippen LogP) is 3.58. The van der Waals surface area contributed by atoms with Gasteiger partial charge in [-0.1, -0.05) is 18.2 Å². The highest BCUT2D eigenvalue weighted by Crippen LogP contribution is 2.53. The highest BCUT2D eigenvalue weighted by atomic mass is 19.4. The molecule has 0 saturated carbocycles. The van der Waals surface area contributed by atoms with Gasteiger partial charge in [0, 0.05) is 11.4 Å². The van der Waals surface area contributed by atoms with Crippen molar-refractivity contribution in [3.05, 3.63) is 58.8 Å². The predicted molar refractivity (Wildman–Crippen MR) is 124 cm³/mol.